The molecule has 1 heterocycles. The number of phenolic OH excluding ortho intramolecular Hbond substituents is 1. The molecule has 2 aromatic rings. The number of benzene rings is 2. The lowest BCUT2D eigenvalue weighted by atomic mass is 10.1. The van der Waals surface area contributed by atoms with E-state index in [0.29, 0.717) is 20.5 Å². The van der Waals surface area contributed by atoms with Gasteiger partial charge in [-0.1, -0.05) is 36.1 Å². The molecule has 1 aliphatic heterocycles. The van der Waals surface area contributed by atoms with Gasteiger partial charge in [0.25, 0.3) is 11.6 Å². The number of amides is 1. The summed E-state index contributed by atoms with van der Waals surface area (Å²) in [4.78, 5) is 24.8. The zero-order chi connectivity index (χ0) is 17.3. The summed E-state index contributed by atoms with van der Waals surface area (Å²) in [5, 5.41) is 20.4. The van der Waals surface area contributed by atoms with Crippen molar-refractivity contribution < 1.29 is 14.8 Å². The van der Waals surface area contributed by atoms with Crippen LogP contribution in [-0.4, -0.2) is 20.3 Å². The van der Waals surface area contributed by atoms with E-state index in [1.54, 1.807) is 30.3 Å². The van der Waals surface area contributed by atoms with E-state index in [2.05, 4.69) is 0 Å². The number of thiocarbonyl (C=S) groups is 1. The van der Waals surface area contributed by atoms with Crippen molar-refractivity contribution in [2.75, 3.05) is 4.90 Å². The molecular weight excluding hydrogens is 348 g/mol. The molecule has 24 heavy (non-hydrogen) atoms. The van der Waals surface area contributed by atoms with E-state index >= 15 is 0 Å². The molecule has 1 saturated heterocycles. The lowest BCUT2D eigenvalue weighted by molar-refractivity contribution is -0.385. The highest BCUT2D eigenvalue weighted by Crippen LogP contribution is 2.37. The number of nitro groups is 1. The molecule has 0 aromatic heterocycles. The van der Waals surface area contributed by atoms with Crippen LogP contribution in [0.4, 0.5) is 11.4 Å². The molecule has 2 aromatic carbocycles. The topological polar surface area (TPSA) is 83.7 Å². The molecule has 0 bridgehead atoms. The van der Waals surface area contributed by atoms with Crippen LogP contribution >= 0.6 is 24.0 Å². The summed E-state index contributed by atoms with van der Waals surface area (Å²) in [6.07, 6.45) is 1.47. The normalized spacial score (nSPS) is 16.0. The quantitative estimate of drug-likeness (QED) is 0.390. The first-order valence-corrected chi connectivity index (χ1v) is 8.00. The third kappa shape index (κ3) is 3.01. The predicted octanol–water partition coefficient (Wildman–Crippen LogP) is 3.71. The molecule has 1 N–H and O–H groups in total. The number of hydrogen-bond acceptors (Lipinski definition) is 6. The minimum absolute atomic E-state index is 0.0765. The van der Waals surface area contributed by atoms with Crippen molar-refractivity contribution in [3.05, 3.63) is 69.1 Å². The first-order chi connectivity index (χ1) is 11.5. The van der Waals surface area contributed by atoms with Crippen LogP contribution in [0.1, 0.15) is 5.56 Å². The number of hydrogen-bond donors (Lipinski definition) is 1. The maximum absolute atomic E-state index is 12.6. The zero-order valence-electron chi connectivity index (χ0n) is 12.1. The standard InChI is InChI=1S/C16H10N2O4S2/c19-12-7-5-11(6-8-12)17-15(20)14(24-16(17)23)9-10-3-1-2-4-13(10)18(21)22/h1-9,19H/b14-9-. The first-order valence-electron chi connectivity index (χ1n) is 6.78. The van der Waals surface area contributed by atoms with Gasteiger partial charge in [-0.05, 0) is 36.4 Å². The van der Waals surface area contributed by atoms with Crippen molar-refractivity contribution in [2.45, 2.75) is 0 Å². The number of rotatable bonds is 3. The molecular formula is C16H10N2O4S2. The number of thioether (sulfide) groups is 1. The number of para-hydroxylation sites is 1. The highest BCUT2D eigenvalue weighted by Gasteiger charge is 2.33. The number of carbonyl (C=O) groups is 1. The van der Waals surface area contributed by atoms with Crippen LogP contribution in [0.3, 0.4) is 0 Å². The fourth-order valence-electron chi connectivity index (χ4n) is 2.21. The summed E-state index contributed by atoms with van der Waals surface area (Å²) in [7, 11) is 0. The summed E-state index contributed by atoms with van der Waals surface area (Å²) >= 11 is 6.32. The van der Waals surface area contributed by atoms with E-state index in [9.17, 15) is 20.0 Å². The predicted molar refractivity (Wildman–Crippen MR) is 96.9 cm³/mol. The van der Waals surface area contributed by atoms with Gasteiger partial charge in [0.05, 0.1) is 21.1 Å². The monoisotopic (exact) mass is 358 g/mol. The van der Waals surface area contributed by atoms with E-state index < -0.39 is 4.92 Å². The molecule has 0 spiro atoms. The van der Waals surface area contributed by atoms with Crippen molar-refractivity contribution in [1.82, 2.24) is 0 Å². The third-order valence-corrected chi connectivity index (χ3v) is 4.62. The molecule has 0 aliphatic carbocycles. The Hall–Kier alpha value is -2.71. The van der Waals surface area contributed by atoms with Gasteiger partial charge in [-0.15, -0.1) is 0 Å². The van der Waals surface area contributed by atoms with Gasteiger partial charge in [-0.2, -0.15) is 0 Å². The average Bonchev–Trinajstić information content (AvgIpc) is 2.83. The van der Waals surface area contributed by atoms with Crippen molar-refractivity contribution in [3.63, 3.8) is 0 Å². The summed E-state index contributed by atoms with van der Waals surface area (Å²) in [5.41, 5.74) is 0.794. The second-order valence-corrected chi connectivity index (χ2v) is 6.53. The summed E-state index contributed by atoms with van der Waals surface area (Å²) < 4.78 is 0.329. The van der Waals surface area contributed by atoms with Gasteiger partial charge in [0.1, 0.15) is 5.75 Å². The summed E-state index contributed by atoms with van der Waals surface area (Å²) in [6.45, 7) is 0. The van der Waals surface area contributed by atoms with Gasteiger partial charge >= 0.3 is 0 Å². The summed E-state index contributed by atoms with van der Waals surface area (Å²) in [6, 6.07) is 12.3. The Kier molecular flexibility index (Phi) is 4.32. The average molecular weight is 358 g/mol. The fourth-order valence-corrected chi connectivity index (χ4v) is 3.50. The Morgan fingerprint density at radius 2 is 1.83 bits per heavy atom. The van der Waals surface area contributed by atoms with E-state index in [1.165, 1.54) is 29.2 Å². The molecule has 1 amide bonds. The van der Waals surface area contributed by atoms with Crippen molar-refractivity contribution in [2.24, 2.45) is 0 Å². The molecule has 120 valence electrons. The molecule has 1 fully saturated rings. The number of phenols is 1. The van der Waals surface area contributed by atoms with Crippen LogP contribution in [0.25, 0.3) is 6.08 Å². The SMILES string of the molecule is O=C1/C(=C/c2ccccc2[N+](=O)[O-])SC(=S)N1c1ccc(O)cc1. The van der Waals surface area contributed by atoms with E-state index in [1.807, 2.05) is 0 Å². The van der Waals surface area contributed by atoms with Crippen LogP contribution in [0.5, 0.6) is 5.75 Å². The lowest BCUT2D eigenvalue weighted by Crippen LogP contribution is -2.27. The second-order valence-electron chi connectivity index (χ2n) is 4.85. The number of aromatic hydroxyl groups is 1. The molecule has 0 saturated carbocycles. The van der Waals surface area contributed by atoms with Crippen LogP contribution in [0.2, 0.25) is 0 Å². The Morgan fingerprint density at radius 3 is 2.50 bits per heavy atom. The van der Waals surface area contributed by atoms with Crippen LogP contribution in [0.15, 0.2) is 53.4 Å². The number of carbonyl (C=O) groups excluding carboxylic acids is 1. The minimum Gasteiger partial charge on any atom is -0.508 e. The first kappa shape index (κ1) is 16.2. The highest BCUT2D eigenvalue weighted by molar-refractivity contribution is 8.27. The maximum Gasteiger partial charge on any atom is 0.276 e. The van der Waals surface area contributed by atoms with Gasteiger partial charge in [-0.3, -0.25) is 19.8 Å². The smallest absolute Gasteiger partial charge is 0.276 e. The molecule has 1 aliphatic rings. The highest BCUT2D eigenvalue weighted by atomic mass is 32.2. The van der Waals surface area contributed by atoms with Gasteiger partial charge in [0.2, 0.25) is 0 Å². The zero-order valence-corrected chi connectivity index (χ0v) is 13.7. The third-order valence-electron chi connectivity index (χ3n) is 3.32. The summed E-state index contributed by atoms with van der Waals surface area (Å²) in [5.74, 6) is -0.270. The number of nitro benzene ring substituents is 1. The Bertz CT molecular complexity index is 878. The molecule has 6 nitrogen and oxygen atoms in total. The largest absolute Gasteiger partial charge is 0.508 e. The second kappa shape index (κ2) is 6.42. The lowest BCUT2D eigenvalue weighted by Gasteiger charge is -2.14. The van der Waals surface area contributed by atoms with E-state index in [-0.39, 0.29) is 17.3 Å². The van der Waals surface area contributed by atoms with Crippen molar-refractivity contribution in [1.29, 1.82) is 0 Å². The molecule has 8 heteroatoms. The van der Waals surface area contributed by atoms with E-state index in [4.69, 9.17) is 12.2 Å². The Labute approximate surface area is 146 Å². The number of anilines is 1. The maximum atomic E-state index is 12.6. The number of nitrogens with zero attached hydrogens (tertiary/aromatic N) is 2. The van der Waals surface area contributed by atoms with Crippen molar-refractivity contribution >= 4 is 51.7 Å². The van der Waals surface area contributed by atoms with Gasteiger partial charge in [0, 0.05) is 6.07 Å². The van der Waals surface area contributed by atoms with Crippen LogP contribution < -0.4 is 4.90 Å². The molecule has 3 rings (SSSR count). The molecule has 0 radical (unpaired) electrons. The molecule has 0 unspecified atom stereocenters. The molecule has 0 atom stereocenters. The van der Waals surface area contributed by atoms with E-state index in [0.717, 1.165) is 11.8 Å². The van der Waals surface area contributed by atoms with Gasteiger partial charge in [0.15, 0.2) is 4.32 Å². The van der Waals surface area contributed by atoms with Gasteiger partial charge in [-0.25, -0.2) is 0 Å². The fraction of sp³-hybridized carbons (Fsp3) is 0. The van der Waals surface area contributed by atoms with Crippen LogP contribution in [-0.2, 0) is 4.79 Å². The van der Waals surface area contributed by atoms with Gasteiger partial charge < -0.3 is 5.11 Å². The van der Waals surface area contributed by atoms with Crippen LogP contribution in [0, 0.1) is 10.1 Å². The Balaban J connectivity index is 1.97. The minimum atomic E-state index is -0.494. The Morgan fingerprint density at radius 1 is 1.17 bits per heavy atom. The van der Waals surface area contributed by atoms with Crippen molar-refractivity contribution in [3.8, 4) is 5.75 Å².